The molecule has 4 nitrogen and oxygen atoms in total. The third-order valence-corrected chi connectivity index (χ3v) is 4.07. The topological polar surface area (TPSA) is 57.9 Å². The lowest BCUT2D eigenvalue weighted by Gasteiger charge is -2.22. The lowest BCUT2D eigenvalue weighted by molar-refractivity contribution is 0.291. The van der Waals surface area contributed by atoms with Crippen LogP contribution in [0.2, 0.25) is 0 Å². The van der Waals surface area contributed by atoms with Crippen molar-refractivity contribution in [2.75, 3.05) is 13.1 Å². The van der Waals surface area contributed by atoms with Gasteiger partial charge in [-0.25, -0.2) is 9.37 Å². The van der Waals surface area contributed by atoms with Crippen LogP contribution in [0.5, 0.6) is 5.88 Å². The van der Waals surface area contributed by atoms with Crippen LogP contribution in [-0.4, -0.2) is 18.1 Å². The Morgan fingerprint density at radius 3 is 2.87 bits per heavy atom. The number of halogens is 1. The van der Waals surface area contributed by atoms with Gasteiger partial charge in [0.1, 0.15) is 12.4 Å². The van der Waals surface area contributed by atoms with E-state index in [2.05, 4.69) is 10.3 Å². The number of benzene rings is 1. The van der Waals surface area contributed by atoms with Crippen molar-refractivity contribution >= 4 is 0 Å². The summed E-state index contributed by atoms with van der Waals surface area (Å²) in [5.41, 5.74) is 1.99. The van der Waals surface area contributed by atoms with E-state index in [1.54, 1.807) is 12.1 Å². The summed E-state index contributed by atoms with van der Waals surface area (Å²) in [5.74, 6) is 0.575. The SMILES string of the molecule is N#Cc1cc(F)ccc1COc1cccc(C2CCNCC2)n1. The fourth-order valence-corrected chi connectivity index (χ4v) is 2.79. The van der Waals surface area contributed by atoms with Crippen LogP contribution in [0.25, 0.3) is 0 Å². The van der Waals surface area contributed by atoms with E-state index in [4.69, 9.17) is 10.00 Å². The fraction of sp³-hybridized carbons (Fsp3) is 0.333. The number of nitrogens with zero attached hydrogens (tertiary/aromatic N) is 2. The Balaban J connectivity index is 1.70. The number of aromatic nitrogens is 1. The molecule has 1 aliphatic heterocycles. The number of nitriles is 1. The highest BCUT2D eigenvalue weighted by Gasteiger charge is 2.16. The molecule has 0 atom stereocenters. The number of piperidine rings is 1. The Kier molecular flexibility index (Phi) is 4.84. The van der Waals surface area contributed by atoms with E-state index in [1.807, 2.05) is 18.2 Å². The van der Waals surface area contributed by atoms with Crippen LogP contribution in [0.4, 0.5) is 4.39 Å². The van der Waals surface area contributed by atoms with E-state index in [0.29, 0.717) is 22.9 Å². The summed E-state index contributed by atoms with van der Waals surface area (Å²) in [4.78, 5) is 4.58. The zero-order chi connectivity index (χ0) is 16.1. The number of pyridine rings is 1. The van der Waals surface area contributed by atoms with E-state index in [0.717, 1.165) is 31.6 Å². The smallest absolute Gasteiger partial charge is 0.213 e. The average molecular weight is 311 g/mol. The summed E-state index contributed by atoms with van der Waals surface area (Å²) in [7, 11) is 0. The minimum Gasteiger partial charge on any atom is -0.473 e. The van der Waals surface area contributed by atoms with Gasteiger partial charge in [0.15, 0.2) is 0 Å². The van der Waals surface area contributed by atoms with Gasteiger partial charge in [0.2, 0.25) is 5.88 Å². The molecule has 0 spiro atoms. The van der Waals surface area contributed by atoms with E-state index < -0.39 is 5.82 Å². The monoisotopic (exact) mass is 311 g/mol. The van der Waals surface area contributed by atoms with Crippen molar-refractivity contribution in [3.63, 3.8) is 0 Å². The van der Waals surface area contributed by atoms with E-state index in [9.17, 15) is 4.39 Å². The number of hydrogen-bond acceptors (Lipinski definition) is 4. The first-order chi connectivity index (χ1) is 11.3. The molecule has 2 aromatic rings. The van der Waals surface area contributed by atoms with Crippen molar-refractivity contribution < 1.29 is 9.13 Å². The van der Waals surface area contributed by atoms with Gasteiger partial charge in [-0.1, -0.05) is 12.1 Å². The normalized spacial score (nSPS) is 15.1. The van der Waals surface area contributed by atoms with Crippen LogP contribution in [0.3, 0.4) is 0 Å². The fourth-order valence-electron chi connectivity index (χ4n) is 2.79. The van der Waals surface area contributed by atoms with Crippen LogP contribution in [0.1, 0.15) is 35.6 Å². The summed E-state index contributed by atoms with van der Waals surface area (Å²) in [5, 5.41) is 12.4. The molecular formula is C18H18FN3O. The van der Waals surface area contributed by atoms with Crippen molar-refractivity contribution in [1.29, 1.82) is 5.26 Å². The molecule has 1 N–H and O–H groups in total. The third-order valence-electron chi connectivity index (χ3n) is 4.07. The van der Waals surface area contributed by atoms with Gasteiger partial charge in [0.05, 0.1) is 11.6 Å². The zero-order valence-electron chi connectivity index (χ0n) is 12.8. The lowest BCUT2D eigenvalue weighted by atomic mass is 9.94. The maximum atomic E-state index is 13.1. The molecule has 3 rings (SSSR count). The summed E-state index contributed by atoms with van der Waals surface area (Å²) < 4.78 is 18.9. The molecule has 0 saturated carbocycles. The average Bonchev–Trinajstić information content (AvgIpc) is 2.61. The van der Waals surface area contributed by atoms with Crippen molar-refractivity contribution in [2.45, 2.75) is 25.4 Å². The molecular weight excluding hydrogens is 293 g/mol. The quantitative estimate of drug-likeness (QED) is 0.942. The minimum absolute atomic E-state index is 0.200. The van der Waals surface area contributed by atoms with Crippen LogP contribution in [0.15, 0.2) is 36.4 Å². The molecule has 1 fully saturated rings. The van der Waals surface area contributed by atoms with Gasteiger partial charge in [-0.15, -0.1) is 0 Å². The molecule has 1 saturated heterocycles. The first-order valence-electron chi connectivity index (χ1n) is 7.75. The molecule has 0 radical (unpaired) electrons. The van der Waals surface area contributed by atoms with E-state index >= 15 is 0 Å². The molecule has 1 aliphatic rings. The first-order valence-corrected chi connectivity index (χ1v) is 7.75. The molecule has 5 heteroatoms. The second kappa shape index (κ2) is 7.21. The van der Waals surface area contributed by atoms with Gasteiger partial charge in [0.25, 0.3) is 0 Å². The van der Waals surface area contributed by atoms with Gasteiger partial charge in [-0.05, 0) is 44.1 Å². The number of hydrogen-bond donors (Lipinski definition) is 1. The Labute approximate surface area is 134 Å². The predicted molar refractivity (Wildman–Crippen MR) is 84.5 cm³/mol. The van der Waals surface area contributed by atoms with Gasteiger partial charge in [0, 0.05) is 23.2 Å². The Morgan fingerprint density at radius 2 is 2.09 bits per heavy atom. The van der Waals surface area contributed by atoms with Crippen LogP contribution < -0.4 is 10.1 Å². The molecule has 118 valence electrons. The zero-order valence-corrected chi connectivity index (χ0v) is 12.8. The highest BCUT2D eigenvalue weighted by atomic mass is 19.1. The summed E-state index contributed by atoms with van der Waals surface area (Å²) in [6.45, 7) is 2.23. The standard InChI is InChI=1S/C18H18FN3O/c19-16-5-4-14(15(10-16)11-20)12-23-18-3-1-2-17(22-18)13-6-8-21-9-7-13/h1-5,10,13,21H,6-9,12H2. The molecule has 0 amide bonds. The van der Waals surface area contributed by atoms with Gasteiger partial charge >= 0.3 is 0 Å². The summed E-state index contributed by atoms with van der Waals surface area (Å²) >= 11 is 0. The Bertz CT molecular complexity index is 720. The molecule has 0 bridgehead atoms. The van der Waals surface area contributed by atoms with Crippen LogP contribution >= 0.6 is 0 Å². The van der Waals surface area contributed by atoms with Crippen LogP contribution in [0, 0.1) is 17.1 Å². The van der Waals surface area contributed by atoms with Crippen LogP contribution in [-0.2, 0) is 6.61 Å². The Morgan fingerprint density at radius 1 is 1.26 bits per heavy atom. The molecule has 0 unspecified atom stereocenters. The van der Waals surface area contributed by atoms with Gasteiger partial charge in [-0.3, -0.25) is 0 Å². The largest absolute Gasteiger partial charge is 0.473 e. The highest BCUT2D eigenvalue weighted by molar-refractivity contribution is 5.37. The predicted octanol–water partition coefficient (Wildman–Crippen LogP) is 3.14. The molecule has 1 aromatic heterocycles. The third kappa shape index (κ3) is 3.85. The van der Waals surface area contributed by atoms with E-state index in [1.165, 1.54) is 12.1 Å². The van der Waals surface area contributed by atoms with Crippen molar-refractivity contribution in [3.05, 3.63) is 59.0 Å². The second-order valence-corrected chi connectivity index (χ2v) is 5.63. The number of rotatable bonds is 4. The highest BCUT2D eigenvalue weighted by Crippen LogP contribution is 2.25. The van der Waals surface area contributed by atoms with Gasteiger partial charge in [-0.2, -0.15) is 5.26 Å². The van der Waals surface area contributed by atoms with Crippen molar-refractivity contribution in [2.24, 2.45) is 0 Å². The molecule has 0 aliphatic carbocycles. The first kappa shape index (κ1) is 15.4. The maximum absolute atomic E-state index is 13.1. The number of nitrogens with one attached hydrogen (secondary N) is 1. The second-order valence-electron chi connectivity index (χ2n) is 5.63. The van der Waals surface area contributed by atoms with Crippen molar-refractivity contribution in [1.82, 2.24) is 10.3 Å². The number of ether oxygens (including phenoxy) is 1. The Hall–Kier alpha value is -2.45. The summed E-state index contributed by atoms with van der Waals surface area (Å²) in [6, 6.07) is 11.9. The van der Waals surface area contributed by atoms with E-state index in [-0.39, 0.29) is 6.61 Å². The molecule has 23 heavy (non-hydrogen) atoms. The van der Waals surface area contributed by atoms with Gasteiger partial charge < -0.3 is 10.1 Å². The molecule has 2 heterocycles. The minimum atomic E-state index is -0.420. The van der Waals surface area contributed by atoms with Crippen molar-refractivity contribution in [3.8, 4) is 11.9 Å². The lowest BCUT2D eigenvalue weighted by Crippen LogP contribution is -2.27. The molecule has 1 aromatic carbocycles. The maximum Gasteiger partial charge on any atom is 0.213 e. The summed E-state index contributed by atoms with van der Waals surface area (Å²) in [6.07, 6.45) is 2.15.